The third-order valence-electron chi connectivity index (χ3n) is 10.5. The zero-order chi connectivity index (χ0) is 44.8. The number of nitrogen functional groups attached to an aromatic ring is 1. The van der Waals surface area contributed by atoms with E-state index in [4.69, 9.17) is 15.2 Å². The van der Waals surface area contributed by atoms with Crippen LogP contribution in [0, 0.1) is 18.8 Å². The quantitative estimate of drug-likeness (QED) is 0.0245. The van der Waals surface area contributed by atoms with E-state index in [0.29, 0.717) is 36.3 Å². The van der Waals surface area contributed by atoms with Gasteiger partial charge in [0.1, 0.15) is 16.3 Å². The van der Waals surface area contributed by atoms with Gasteiger partial charge in [-0.15, -0.1) is 10.2 Å². The molecule has 0 aliphatic carbocycles. The zero-order valence-electron chi connectivity index (χ0n) is 35.6. The lowest BCUT2D eigenvalue weighted by atomic mass is 10.0. The SMILES string of the molecule is CCCCC(CC)COCCS(=O)(=O)c1ccc(N=Nc2c(C)cc3cc(S(=O)(=O)O)c(N=Nc4ccc(S(=O)(=O)CCOCC(CC)CCCC)cc4)c(O)c3c2N)cc1. The first-order valence-corrected chi connectivity index (χ1v) is 25.4. The van der Waals surface area contributed by atoms with Gasteiger partial charge in [-0.25, -0.2) is 16.8 Å². The molecule has 334 valence electrons. The lowest BCUT2D eigenvalue weighted by Gasteiger charge is -2.14. The van der Waals surface area contributed by atoms with Gasteiger partial charge >= 0.3 is 0 Å². The second-order valence-electron chi connectivity index (χ2n) is 15.1. The Kier molecular flexibility index (Phi) is 18.3. The molecule has 0 spiro atoms. The summed E-state index contributed by atoms with van der Waals surface area (Å²) in [4.78, 5) is -0.604. The van der Waals surface area contributed by atoms with E-state index >= 15 is 0 Å². The Morgan fingerprint density at radius 1 is 0.656 bits per heavy atom. The van der Waals surface area contributed by atoms with Crippen LogP contribution in [-0.2, 0) is 39.3 Å². The fourth-order valence-corrected chi connectivity index (χ4v) is 9.54. The highest BCUT2D eigenvalue weighted by molar-refractivity contribution is 7.91. The van der Waals surface area contributed by atoms with Gasteiger partial charge in [-0.2, -0.15) is 18.6 Å². The van der Waals surface area contributed by atoms with Crippen LogP contribution in [-0.4, -0.2) is 72.8 Å². The van der Waals surface area contributed by atoms with Gasteiger partial charge in [-0.3, -0.25) is 4.55 Å². The molecule has 4 N–H and O–H groups in total. The van der Waals surface area contributed by atoms with Crippen molar-refractivity contribution < 1.29 is 44.4 Å². The monoisotopic (exact) mass is 901 g/mol. The molecule has 0 aliphatic heterocycles. The predicted octanol–water partition coefficient (Wildman–Crippen LogP) is 10.5. The smallest absolute Gasteiger partial charge is 0.296 e. The number of sulfone groups is 2. The number of ether oxygens (including phenoxy) is 2. The number of anilines is 1. The number of azo groups is 2. The van der Waals surface area contributed by atoms with Crippen LogP contribution < -0.4 is 5.73 Å². The van der Waals surface area contributed by atoms with Gasteiger partial charge in [0.15, 0.2) is 25.4 Å². The molecule has 4 aromatic rings. The summed E-state index contributed by atoms with van der Waals surface area (Å²) in [6.45, 7) is 11.2. The van der Waals surface area contributed by atoms with Crippen molar-refractivity contribution in [3.8, 4) is 5.75 Å². The number of nitrogens with zero attached hydrogens (tertiary/aromatic N) is 4. The second kappa shape index (κ2) is 22.7. The van der Waals surface area contributed by atoms with Gasteiger partial charge in [0.25, 0.3) is 10.1 Å². The average Bonchev–Trinajstić information content (AvgIpc) is 3.22. The highest BCUT2D eigenvalue weighted by Gasteiger charge is 2.25. The van der Waals surface area contributed by atoms with Gasteiger partial charge in [0.2, 0.25) is 0 Å². The number of aromatic hydroxyl groups is 1. The average molecular weight is 902 g/mol. The number of unbranched alkanes of at least 4 members (excludes halogenated alkanes) is 2. The van der Waals surface area contributed by atoms with E-state index < -0.39 is 46.1 Å². The van der Waals surface area contributed by atoms with Crippen molar-refractivity contribution in [2.24, 2.45) is 32.3 Å². The number of phenolic OH excluding ortho intramolecular Hbond substituents is 1. The fourth-order valence-electron chi connectivity index (χ4n) is 6.63. The molecule has 0 heterocycles. The summed E-state index contributed by atoms with van der Waals surface area (Å²) in [7, 11) is -12.3. The maximum atomic E-state index is 13.0. The van der Waals surface area contributed by atoms with Crippen molar-refractivity contribution in [3.05, 3.63) is 66.2 Å². The van der Waals surface area contributed by atoms with Gasteiger partial charge in [-0.05, 0) is 103 Å². The maximum Gasteiger partial charge on any atom is 0.296 e. The minimum Gasteiger partial charge on any atom is -0.505 e. The Morgan fingerprint density at radius 2 is 1.10 bits per heavy atom. The molecule has 18 heteroatoms. The lowest BCUT2D eigenvalue weighted by molar-refractivity contribution is 0.105. The Morgan fingerprint density at radius 3 is 1.51 bits per heavy atom. The van der Waals surface area contributed by atoms with Crippen molar-refractivity contribution in [1.29, 1.82) is 0 Å². The highest BCUT2D eigenvalue weighted by atomic mass is 32.2. The van der Waals surface area contributed by atoms with Gasteiger partial charge in [0, 0.05) is 13.2 Å². The van der Waals surface area contributed by atoms with E-state index in [1.807, 2.05) is 0 Å². The molecule has 0 saturated carbocycles. The number of hydrogen-bond donors (Lipinski definition) is 3. The summed E-state index contributed by atoms with van der Waals surface area (Å²) in [5.74, 6) is -0.315. The second-order valence-corrected chi connectivity index (χ2v) is 20.7. The van der Waals surface area contributed by atoms with E-state index in [2.05, 4.69) is 48.2 Å². The number of fused-ring (bicyclic) bond motifs is 1. The molecule has 2 unspecified atom stereocenters. The van der Waals surface area contributed by atoms with Crippen molar-refractivity contribution >= 4 is 69.0 Å². The number of benzene rings is 4. The standard InChI is InChI=1S/C43H59N5O10S3/c1-6-10-12-31(8-3)28-57-22-24-59(50,51)36-18-14-34(15-19-36)45-47-41-30(5)26-33-27-38(61(54,55)56)42(43(49)39(33)40(41)44)48-46-35-16-20-37(21-17-35)60(52,53)25-23-58-29-32(9-4)13-11-7-2/h14-21,26-27,31-32,49H,6-13,22-25,28-29,44H2,1-5H3,(H,54,55,56). The zero-order valence-corrected chi connectivity index (χ0v) is 38.0. The van der Waals surface area contributed by atoms with Gasteiger partial charge < -0.3 is 20.3 Å². The molecule has 4 rings (SSSR count). The highest BCUT2D eigenvalue weighted by Crippen LogP contribution is 2.47. The largest absolute Gasteiger partial charge is 0.505 e. The number of aryl methyl sites for hydroxylation is 1. The first-order valence-electron chi connectivity index (χ1n) is 20.7. The molecule has 0 radical (unpaired) electrons. The van der Waals surface area contributed by atoms with Crippen molar-refractivity contribution in [3.63, 3.8) is 0 Å². The first-order chi connectivity index (χ1) is 28.9. The molecule has 0 aliphatic rings. The summed E-state index contributed by atoms with van der Waals surface area (Å²) in [5, 5.41) is 28.0. The molecule has 4 aromatic carbocycles. The lowest BCUT2D eigenvalue weighted by Crippen LogP contribution is -2.16. The molecule has 0 bridgehead atoms. The van der Waals surface area contributed by atoms with Crippen molar-refractivity contribution in [2.45, 2.75) is 101 Å². The molecule has 0 fully saturated rings. The van der Waals surface area contributed by atoms with E-state index in [0.717, 1.165) is 57.4 Å². The van der Waals surface area contributed by atoms with Crippen LogP contribution >= 0.6 is 0 Å². The van der Waals surface area contributed by atoms with Crippen molar-refractivity contribution in [1.82, 2.24) is 0 Å². The number of phenols is 1. The molecule has 0 saturated heterocycles. The van der Waals surface area contributed by atoms with Gasteiger partial charge in [-0.1, -0.05) is 66.2 Å². The first kappa shape index (κ1) is 49.3. The summed E-state index contributed by atoms with van der Waals surface area (Å²) < 4.78 is 98.3. The third kappa shape index (κ3) is 13.8. The minimum absolute atomic E-state index is 0.0325. The number of nitrogens with two attached hydrogens (primary N) is 1. The topological polar surface area (TPSA) is 237 Å². The Labute approximate surface area is 360 Å². The Hall–Kier alpha value is -4.33. The predicted molar refractivity (Wildman–Crippen MR) is 238 cm³/mol. The van der Waals surface area contributed by atoms with Crippen LogP contribution in [0.5, 0.6) is 5.75 Å². The molecule has 61 heavy (non-hydrogen) atoms. The molecule has 2 atom stereocenters. The van der Waals surface area contributed by atoms with Crippen LogP contribution in [0.25, 0.3) is 10.8 Å². The molecule has 0 amide bonds. The molecule has 0 aromatic heterocycles. The van der Waals surface area contributed by atoms with Crippen molar-refractivity contribution in [2.75, 3.05) is 43.7 Å². The fraction of sp³-hybridized carbons (Fsp3) is 0.488. The van der Waals surface area contributed by atoms with Crippen LogP contribution in [0.15, 0.2) is 95.8 Å². The Bertz CT molecular complexity index is 2480. The maximum absolute atomic E-state index is 13.0. The van der Waals surface area contributed by atoms with E-state index in [-0.39, 0.29) is 62.3 Å². The van der Waals surface area contributed by atoms with Crippen LogP contribution in [0.2, 0.25) is 0 Å². The van der Waals surface area contributed by atoms with Crippen LogP contribution in [0.4, 0.5) is 28.4 Å². The Balaban J connectivity index is 1.52. The normalized spacial score (nSPS) is 13.7. The molecule has 15 nitrogen and oxygen atoms in total. The minimum atomic E-state index is -4.95. The summed E-state index contributed by atoms with van der Waals surface area (Å²) in [5.41, 5.74) is 6.81. The van der Waals surface area contributed by atoms with E-state index in [9.17, 15) is 34.9 Å². The van der Waals surface area contributed by atoms with Gasteiger partial charge in [0.05, 0.1) is 57.0 Å². The summed E-state index contributed by atoms with van der Waals surface area (Å²) in [6, 6.07) is 13.8. The van der Waals surface area contributed by atoms with E-state index in [1.165, 1.54) is 54.6 Å². The van der Waals surface area contributed by atoms with Crippen LogP contribution in [0.1, 0.15) is 84.6 Å². The molecular formula is C43H59N5O10S3. The third-order valence-corrected chi connectivity index (χ3v) is 14.8. The number of hydrogen-bond acceptors (Lipinski definition) is 14. The summed E-state index contributed by atoms with van der Waals surface area (Å²) >= 11 is 0. The van der Waals surface area contributed by atoms with Crippen LogP contribution in [0.3, 0.4) is 0 Å². The molecular weight excluding hydrogens is 843 g/mol. The number of rotatable bonds is 25. The summed E-state index contributed by atoms with van der Waals surface area (Å²) in [6.07, 6.45) is 8.39. The van der Waals surface area contributed by atoms with E-state index in [1.54, 1.807) is 6.92 Å².